The molecule has 0 N–H and O–H groups in total. The zero-order valence-corrected chi connectivity index (χ0v) is 14.0. The van der Waals surface area contributed by atoms with Crippen LogP contribution in [0.4, 0.5) is 4.79 Å². The highest BCUT2D eigenvalue weighted by Crippen LogP contribution is 2.29. The van der Waals surface area contributed by atoms with Crippen LogP contribution in [0, 0.1) is 5.41 Å². The summed E-state index contributed by atoms with van der Waals surface area (Å²) in [7, 11) is 0. The second-order valence-corrected chi connectivity index (χ2v) is 6.60. The highest BCUT2D eigenvalue weighted by atomic mass is 16.6. The van der Waals surface area contributed by atoms with Gasteiger partial charge in [-0.1, -0.05) is 51.1 Å². The molecule has 1 atom stereocenters. The molecule has 0 aliphatic carbocycles. The summed E-state index contributed by atoms with van der Waals surface area (Å²) in [6, 6.07) is 8.94. The average molecular weight is 331 g/mol. The Morgan fingerprint density at radius 3 is 2.58 bits per heavy atom. The van der Waals surface area contributed by atoms with Crippen molar-refractivity contribution in [2.45, 2.75) is 33.4 Å². The van der Waals surface area contributed by atoms with Crippen molar-refractivity contribution in [2.24, 2.45) is 5.41 Å². The number of imide groups is 1. The van der Waals surface area contributed by atoms with Gasteiger partial charge in [-0.15, -0.1) is 0 Å². The molecule has 1 aromatic carbocycles. The first kappa shape index (κ1) is 17.7. The lowest BCUT2D eigenvalue weighted by Crippen LogP contribution is -2.48. The minimum atomic E-state index is -0.906. The largest absolute Gasteiger partial charge is 0.496 e. The molecule has 1 heterocycles. The Morgan fingerprint density at radius 2 is 1.96 bits per heavy atom. The molecule has 1 aliphatic rings. The molecule has 0 saturated carbocycles. The number of cyclic esters (lactones) is 1. The number of rotatable bonds is 5. The van der Waals surface area contributed by atoms with Crippen LogP contribution in [0.25, 0.3) is 0 Å². The molecule has 2 amide bonds. The molecular weight excluding hydrogens is 310 g/mol. The Bertz CT molecular complexity index is 645. The Hall–Kier alpha value is -2.63. The molecule has 6 heteroatoms. The van der Waals surface area contributed by atoms with Gasteiger partial charge >= 0.3 is 12.0 Å². The molecule has 0 unspecified atom stereocenters. The van der Waals surface area contributed by atoms with Crippen LogP contribution in [0.5, 0.6) is 0 Å². The number of hydrogen-bond donors (Lipinski definition) is 0. The predicted molar refractivity (Wildman–Crippen MR) is 86.8 cm³/mol. The maximum absolute atomic E-state index is 12.2. The number of benzene rings is 1. The number of ether oxygens (including phenoxy) is 2. The van der Waals surface area contributed by atoms with Crippen LogP contribution in [-0.4, -0.2) is 35.3 Å². The number of carbonyl (C=O) groups excluding carboxylic acids is 3. The normalized spacial score (nSPS) is 17.9. The van der Waals surface area contributed by atoms with Crippen molar-refractivity contribution in [3.63, 3.8) is 0 Å². The number of nitrogens with zero attached hydrogens (tertiary/aromatic N) is 1. The van der Waals surface area contributed by atoms with E-state index in [0.717, 1.165) is 16.5 Å². The van der Waals surface area contributed by atoms with Crippen LogP contribution < -0.4 is 0 Å². The smallest absolute Gasteiger partial charge is 0.417 e. The van der Waals surface area contributed by atoms with Gasteiger partial charge in [0, 0.05) is 6.08 Å². The Balaban J connectivity index is 1.94. The minimum Gasteiger partial charge on any atom is -0.496 e. The third kappa shape index (κ3) is 4.22. The van der Waals surface area contributed by atoms with E-state index >= 15 is 0 Å². The number of hydrogen-bond acceptors (Lipinski definition) is 5. The van der Waals surface area contributed by atoms with E-state index in [9.17, 15) is 14.4 Å². The number of amides is 2. The summed E-state index contributed by atoms with van der Waals surface area (Å²) in [5.74, 6) is -1.73. The molecule has 0 radical (unpaired) electrons. The van der Waals surface area contributed by atoms with Gasteiger partial charge in [0.15, 0.2) is 0 Å². The van der Waals surface area contributed by atoms with Crippen molar-refractivity contribution in [2.75, 3.05) is 6.61 Å². The highest BCUT2D eigenvalue weighted by Gasteiger charge is 2.45. The van der Waals surface area contributed by atoms with Crippen molar-refractivity contribution >= 4 is 17.8 Å². The molecule has 24 heavy (non-hydrogen) atoms. The van der Waals surface area contributed by atoms with Crippen molar-refractivity contribution in [1.82, 2.24) is 4.90 Å². The first-order valence-electron chi connectivity index (χ1n) is 7.67. The highest BCUT2D eigenvalue weighted by molar-refractivity contribution is 6.42. The molecule has 6 nitrogen and oxygen atoms in total. The lowest BCUT2D eigenvalue weighted by atomic mass is 9.86. The number of carbonyl (C=O) groups is 3. The van der Waals surface area contributed by atoms with Gasteiger partial charge in [0.2, 0.25) is 5.78 Å². The number of ketones is 1. The van der Waals surface area contributed by atoms with E-state index in [1.807, 2.05) is 51.1 Å². The third-order valence-corrected chi connectivity index (χ3v) is 3.71. The van der Waals surface area contributed by atoms with E-state index in [1.165, 1.54) is 6.26 Å². The monoisotopic (exact) mass is 331 g/mol. The maximum Gasteiger partial charge on any atom is 0.417 e. The molecule has 0 bridgehead atoms. The summed E-state index contributed by atoms with van der Waals surface area (Å²) in [6.07, 6.45) is 1.41. The molecule has 0 aromatic heterocycles. The van der Waals surface area contributed by atoms with Gasteiger partial charge in [-0.3, -0.25) is 9.59 Å². The first-order valence-corrected chi connectivity index (χ1v) is 7.67. The standard InChI is InChI=1S/C18H21NO5/c1-18(2,3)15-12-24-17(22)19(15)16(21)14(20)9-10-23-11-13-7-5-4-6-8-13/h4-10,15H,11-12H2,1-3H3/b10-9+/t15-/m1/s1. The minimum absolute atomic E-state index is 0.0928. The summed E-state index contributed by atoms with van der Waals surface area (Å²) >= 11 is 0. The van der Waals surface area contributed by atoms with E-state index in [0.29, 0.717) is 0 Å². The van der Waals surface area contributed by atoms with Crippen LogP contribution in [0.15, 0.2) is 42.7 Å². The van der Waals surface area contributed by atoms with Crippen molar-refractivity contribution in [1.29, 1.82) is 0 Å². The van der Waals surface area contributed by atoms with Gasteiger partial charge in [-0.2, -0.15) is 0 Å². The van der Waals surface area contributed by atoms with E-state index in [4.69, 9.17) is 9.47 Å². The predicted octanol–water partition coefficient (Wildman–Crippen LogP) is 2.68. The quantitative estimate of drug-likeness (QED) is 0.471. The fraction of sp³-hybridized carbons (Fsp3) is 0.389. The zero-order valence-electron chi connectivity index (χ0n) is 14.0. The second-order valence-electron chi connectivity index (χ2n) is 6.60. The summed E-state index contributed by atoms with van der Waals surface area (Å²) in [4.78, 5) is 36.9. The molecule has 0 spiro atoms. The summed E-state index contributed by atoms with van der Waals surface area (Å²) in [5, 5.41) is 0. The van der Waals surface area contributed by atoms with E-state index < -0.39 is 23.8 Å². The SMILES string of the molecule is CC(C)(C)[C@H]1COC(=O)N1C(=O)C(=O)/C=C/OCc1ccccc1. The van der Waals surface area contributed by atoms with Gasteiger partial charge in [0.25, 0.3) is 0 Å². The summed E-state index contributed by atoms with van der Waals surface area (Å²) < 4.78 is 10.2. The maximum atomic E-state index is 12.2. The third-order valence-electron chi connectivity index (χ3n) is 3.71. The van der Waals surface area contributed by atoms with E-state index in [-0.39, 0.29) is 18.6 Å². The summed E-state index contributed by atoms with van der Waals surface area (Å²) in [5.41, 5.74) is 0.562. The van der Waals surface area contributed by atoms with E-state index in [2.05, 4.69) is 0 Å². The van der Waals surface area contributed by atoms with Crippen LogP contribution in [0.1, 0.15) is 26.3 Å². The average Bonchev–Trinajstić information content (AvgIpc) is 2.93. The topological polar surface area (TPSA) is 72.9 Å². The Kier molecular flexibility index (Phi) is 5.39. The molecule has 1 fully saturated rings. The van der Waals surface area contributed by atoms with Gasteiger partial charge < -0.3 is 9.47 Å². The molecule has 1 aliphatic heterocycles. The Labute approximate surface area is 141 Å². The van der Waals surface area contributed by atoms with Gasteiger partial charge in [-0.25, -0.2) is 9.69 Å². The van der Waals surface area contributed by atoms with Crippen LogP contribution in [0.3, 0.4) is 0 Å². The molecule has 1 aromatic rings. The molecule has 128 valence electrons. The lowest BCUT2D eigenvalue weighted by molar-refractivity contribution is -0.141. The molecule has 1 saturated heterocycles. The molecule has 2 rings (SSSR count). The summed E-state index contributed by atoms with van der Waals surface area (Å²) in [6.45, 7) is 6.01. The fourth-order valence-corrected chi connectivity index (χ4v) is 2.30. The lowest BCUT2D eigenvalue weighted by Gasteiger charge is -2.30. The van der Waals surface area contributed by atoms with Crippen molar-refractivity contribution in [3.8, 4) is 0 Å². The Morgan fingerprint density at radius 1 is 1.29 bits per heavy atom. The molecular formula is C18H21NO5. The second kappa shape index (κ2) is 7.29. The van der Waals surface area contributed by atoms with Crippen LogP contribution in [-0.2, 0) is 25.7 Å². The van der Waals surface area contributed by atoms with Gasteiger partial charge in [0.05, 0.1) is 12.3 Å². The van der Waals surface area contributed by atoms with Crippen molar-refractivity contribution < 1.29 is 23.9 Å². The first-order chi connectivity index (χ1) is 11.3. The fourth-order valence-electron chi connectivity index (χ4n) is 2.30. The van der Waals surface area contributed by atoms with Crippen LogP contribution >= 0.6 is 0 Å². The van der Waals surface area contributed by atoms with Gasteiger partial charge in [-0.05, 0) is 11.0 Å². The zero-order chi connectivity index (χ0) is 17.7. The van der Waals surface area contributed by atoms with Crippen molar-refractivity contribution in [3.05, 3.63) is 48.2 Å². The van der Waals surface area contributed by atoms with Gasteiger partial charge in [0.1, 0.15) is 13.2 Å². The van der Waals surface area contributed by atoms with Crippen LogP contribution in [0.2, 0.25) is 0 Å². The van der Waals surface area contributed by atoms with E-state index in [1.54, 1.807) is 0 Å².